The molecule has 0 unspecified atom stereocenters. The number of rotatable bonds is 5. The average molecular weight is 389 g/mol. The summed E-state index contributed by atoms with van der Waals surface area (Å²) in [6, 6.07) is 0. The third-order valence-corrected chi connectivity index (χ3v) is 6.12. The third kappa shape index (κ3) is 5.00. The Morgan fingerprint density at radius 2 is 2.00 bits per heavy atom. The van der Waals surface area contributed by atoms with Crippen LogP contribution in [0.25, 0.3) is 0 Å². The number of esters is 2. The molecule has 28 heavy (non-hydrogen) atoms. The first kappa shape index (κ1) is 22.1. The second kappa shape index (κ2) is 8.89. The molecule has 0 aromatic heterocycles. The van der Waals surface area contributed by atoms with Crippen LogP contribution in [0.15, 0.2) is 34.9 Å². The number of hydrogen-bond donors (Lipinski definition) is 0. The number of carbonyl (C=O) groups is 3. The molecule has 0 spiro atoms. The minimum Gasteiger partial charge on any atom is -0.465 e. The summed E-state index contributed by atoms with van der Waals surface area (Å²) in [5.41, 5.74) is 2.94. The molecule has 5 heteroatoms. The third-order valence-electron chi connectivity index (χ3n) is 6.12. The first-order valence-electron chi connectivity index (χ1n) is 9.98. The summed E-state index contributed by atoms with van der Waals surface area (Å²) >= 11 is 0. The molecule has 1 saturated carbocycles. The van der Waals surface area contributed by atoms with Gasteiger partial charge in [0.2, 0.25) is 0 Å². The van der Waals surface area contributed by atoms with Gasteiger partial charge >= 0.3 is 11.9 Å². The van der Waals surface area contributed by atoms with E-state index in [1.54, 1.807) is 12.2 Å². The highest BCUT2D eigenvalue weighted by Crippen LogP contribution is 2.52. The van der Waals surface area contributed by atoms with Gasteiger partial charge in [0.25, 0.3) is 0 Å². The van der Waals surface area contributed by atoms with Crippen molar-refractivity contribution in [2.24, 2.45) is 17.3 Å². The number of hydrogen-bond acceptors (Lipinski definition) is 5. The Balaban J connectivity index is 2.05. The predicted octanol–water partition coefficient (Wildman–Crippen LogP) is 4.33. The zero-order valence-electron chi connectivity index (χ0n) is 17.8. The van der Waals surface area contributed by atoms with Crippen LogP contribution in [0, 0.1) is 17.3 Å². The Morgan fingerprint density at radius 3 is 2.61 bits per heavy atom. The van der Waals surface area contributed by atoms with Crippen LogP contribution >= 0.6 is 0 Å². The summed E-state index contributed by atoms with van der Waals surface area (Å²) in [6.07, 6.45) is 6.93. The average Bonchev–Trinajstić information content (AvgIpc) is 2.62. The lowest BCUT2D eigenvalue weighted by Gasteiger charge is -2.48. The van der Waals surface area contributed by atoms with Crippen LogP contribution in [-0.2, 0) is 23.9 Å². The predicted molar refractivity (Wildman–Crippen MR) is 107 cm³/mol. The quantitative estimate of drug-likeness (QED) is 0.518. The molecule has 0 amide bonds. The molecule has 2 aliphatic carbocycles. The van der Waals surface area contributed by atoms with Crippen molar-refractivity contribution >= 4 is 17.7 Å². The van der Waals surface area contributed by atoms with Crippen molar-refractivity contribution in [3.05, 3.63) is 34.9 Å². The number of fused-ring (bicyclic) bond motifs is 1. The van der Waals surface area contributed by atoms with E-state index in [1.807, 2.05) is 20.8 Å². The molecule has 0 N–H and O–H groups in total. The van der Waals surface area contributed by atoms with E-state index >= 15 is 0 Å². The van der Waals surface area contributed by atoms with Gasteiger partial charge in [-0.05, 0) is 50.2 Å². The lowest BCUT2D eigenvalue weighted by molar-refractivity contribution is -0.149. The Morgan fingerprint density at radius 1 is 1.32 bits per heavy atom. The summed E-state index contributed by atoms with van der Waals surface area (Å²) in [6.45, 7) is 11.7. The smallest absolute Gasteiger partial charge is 0.330 e. The van der Waals surface area contributed by atoms with Gasteiger partial charge in [0, 0.05) is 24.8 Å². The Bertz CT molecular complexity index is 738. The zero-order valence-corrected chi connectivity index (χ0v) is 17.8. The van der Waals surface area contributed by atoms with Gasteiger partial charge in [0.15, 0.2) is 5.78 Å². The van der Waals surface area contributed by atoms with E-state index < -0.39 is 0 Å². The number of allylic oxidation sites excluding steroid dienone is 4. The minimum atomic E-state index is -0.378. The maximum atomic E-state index is 12.4. The summed E-state index contributed by atoms with van der Waals surface area (Å²) in [5, 5.41) is 0. The molecule has 0 heterocycles. The molecular formula is C23H32O5. The van der Waals surface area contributed by atoms with Crippen LogP contribution in [0.2, 0.25) is 0 Å². The fraction of sp³-hybridized carbons (Fsp3) is 0.609. The fourth-order valence-electron chi connectivity index (χ4n) is 4.07. The maximum absolute atomic E-state index is 12.4. The summed E-state index contributed by atoms with van der Waals surface area (Å²) < 4.78 is 10.7. The fourth-order valence-corrected chi connectivity index (χ4v) is 4.07. The normalized spacial score (nSPS) is 28.4. The Kier molecular flexibility index (Phi) is 7.02. The van der Waals surface area contributed by atoms with Gasteiger partial charge in [-0.2, -0.15) is 0 Å². The largest absolute Gasteiger partial charge is 0.465 e. The molecule has 4 atom stereocenters. The molecule has 0 saturated heterocycles. The van der Waals surface area contributed by atoms with Crippen molar-refractivity contribution in [3.63, 3.8) is 0 Å². The molecule has 154 valence electrons. The van der Waals surface area contributed by atoms with Gasteiger partial charge in [-0.15, -0.1) is 0 Å². The SMILES string of the molecule is CC(=O)OC[C@@H](C)/C=C/C(=O)O[C@H]1CCC2=CC(=O)C(=C(C)C)C[C@@]2(C)[C@@H]1C. The van der Waals surface area contributed by atoms with Crippen molar-refractivity contribution in [2.45, 2.75) is 66.9 Å². The van der Waals surface area contributed by atoms with E-state index in [4.69, 9.17) is 9.47 Å². The summed E-state index contributed by atoms with van der Waals surface area (Å²) in [4.78, 5) is 35.5. The van der Waals surface area contributed by atoms with Crippen molar-refractivity contribution in [1.29, 1.82) is 0 Å². The van der Waals surface area contributed by atoms with Crippen molar-refractivity contribution < 1.29 is 23.9 Å². The topological polar surface area (TPSA) is 69.7 Å². The van der Waals surface area contributed by atoms with Crippen molar-refractivity contribution in [1.82, 2.24) is 0 Å². The highest BCUT2D eigenvalue weighted by Gasteiger charge is 2.47. The number of carbonyl (C=O) groups excluding carboxylic acids is 3. The minimum absolute atomic E-state index is 0.0585. The molecule has 5 nitrogen and oxygen atoms in total. The maximum Gasteiger partial charge on any atom is 0.330 e. The molecule has 0 aromatic carbocycles. The highest BCUT2D eigenvalue weighted by atomic mass is 16.5. The van der Waals surface area contributed by atoms with Crippen molar-refractivity contribution in [2.75, 3.05) is 6.61 Å². The second-order valence-electron chi connectivity index (χ2n) is 8.55. The molecule has 2 aliphatic rings. The Hall–Kier alpha value is -2.17. The van der Waals surface area contributed by atoms with Gasteiger partial charge in [-0.25, -0.2) is 4.79 Å². The molecule has 1 fully saturated rings. The molecular weight excluding hydrogens is 356 g/mol. The molecule has 0 bridgehead atoms. The zero-order chi connectivity index (χ0) is 21.1. The van der Waals surface area contributed by atoms with E-state index in [-0.39, 0.29) is 47.7 Å². The molecule has 0 aliphatic heterocycles. The first-order chi connectivity index (χ1) is 13.0. The Labute approximate surface area is 167 Å². The molecule has 0 aromatic rings. The summed E-state index contributed by atoms with van der Waals surface area (Å²) in [7, 11) is 0. The van der Waals surface area contributed by atoms with E-state index in [0.29, 0.717) is 6.42 Å². The number of ketones is 1. The van der Waals surface area contributed by atoms with Crippen LogP contribution in [0.4, 0.5) is 0 Å². The molecule has 0 radical (unpaired) electrons. The van der Waals surface area contributed by atoms with Crippen LogP contribution in [-0.4, -0.2) is 30.4 Å². The molecule has 2 rings (SSSR count). The van der Waals surface area contributed by atoms with Crippen LogP contribution in [0.1, 0.15) is 60.8 Å². The standard InChI is InChI=1S/C23H32O5/c1-14(2)19-12-23(6)16(4)21(9-8-18(23)11-20(19)25)28-22(26)10-7-15(3)13-27-17(5)24/h7,10-11,15-16,21H,8-9,12-13H2,1-6H3/b10-7+/t15-,16+,21-,23-/m0/s1. The van der Waals surface area contributed by atoms with E-state index in [0.717, 1.165) is 24.0 Å². The van der Waals surface area contributed by atoms with Gasteiger partial charge in [0.1, 0.15) is 6.10 Å². The monoisotopic (exact) mass is 388 g/mol. The highest BCUT2D eigenvalue weighted by molar-refractivity contribution is 6.06. The van der Waals surface area contributed by atoms with Gasteiger partial charge < -0.3 is 9.47 Å². The second-order valence-corrected chi connectivity index (χ2v) is 8.55. The van der Waals surface area contributed by atoms with Gasteiger partial charge in [-0.1, -0.05) is 38.0 Å². The summed E-state index contributed by atoms with van der Waals surface area (Å²) in [5.74, 6) is -0.531. The van der Waals surface area contributed by atoms with Gasteiger partial charge in [0.05, 0.1) is 6.61 Å². The van der Waals surface area contributed by atoms with E-state index in [2.05, 4.69) is 13.8 Å². The van der Waals surface area contributed by atoms with Crippen LogP contribution in [0.5, 0.6) is 0 Å². The van der Waals surface area contributed by atoms with Crippen LogP contribution < -0.4 is 0 Å². The van der Waals surface area contributed by atoms with E-state index in [9.17, 15) is 14.4 Å². The van der Waals surface area contributed by atoms with Crippen molar-refractivity contribution in [3.8, 4) is 0 Å². The van der Waals surface area contributed by atoms with Crippen LogP contribution in [0.3, 0.4) is 0 Å². The van der Waals surface area contributed by atoms with Gasteiger partial charge in [-0.3, -0.25) is 9.59 Å². The van der Waals surface area contributed by atoms with E-state index in [1.165, 1.54) is 18.6 Å². The first-order valence-corrected chi connectivity index (χ1v) is 9.98. The lowest BCUT2D eigenvalue weighted by Crippen LogP contribution is -2.44. The number of ether oxygens (including phenoxy) is 2. The lowest BCUT2D eigenvalue weighted by atomic mass is 9.58.